The van der Waals surface area contributed by atoms with Gasteiger partial charge in [-0.05, 0) is 39.5 Å². The highest BCUT2D eigenvalue weighted by Gasteiger charge is 2.26. The van der Waals surface area contributed by atoms with Gasteiger partial charge >= 0.3 is 0 Å². The van der Waals surface area contributed by atoms with E-state index in [4.69, 9.17) is 14.2 Å². The van der Waals surface area contributed by atoms with Crippen LogP contribution >= 0.6 is 0 Å². The van der Waals surface area contributed by atoms with Crippen LogP contribution in [0.5, 0.6) is 0 Å². The molecule has 4 heteroatoms. The minimum Gasteiger partial charge on any atom is -0.381 e. The van der Waals surface area contributed by atoms with Crippen molar-refractivity contribution >= 4 is 0 Å². The molecule has 1 saturated heterocycles. The number of hydrogen-bond acceptors (Lipinski definition) is 4. The molecule has 4 nitrogen and oxygen atoms in total. The highest BCUT2D eigenvalue weighted by Crippen LogP contribution is 2.13. The van der Waals surface area contributed by atoms with Crippen molar-refractivity contribution < 1.29 is 14.2 Å². The summed E-state index contributed by atoms with van der Waals surface area (Å²) in [5.41, 5.74) is -0.0156. The lowest BCUT2D eigenvalue weighted by atomic mass is 10.1. The summed E-state index contributed by atoms with van der Waals surface area (Å²) in [5, 5.41) is 0. The Balaban J connectivity index is 1.83. The molecular formula is C17H35NO3. The Morgan fingerprint density at radius 1 is 1.05 bits per heavy atom. The van der Waals surface area contributed by atoms with Crippen molar-refractivity contribution in [3.63, 3.8) is 0 Å². The van der Waals surface area contributed by atoms with Gasteiger partial charge in [0.15, 0.2) is 0 Å². The van der Waals surface area contributed by atoms with E-state index in [9.17, 15) is 0 Å². The summed E-state index contributed by atoms with van der Waals surface area (Å²) in [7, 11) is 0. The Kier molecular flexibility index (Phi) is 8.79. The molecule has 0 N–H and O–H groups in total. The van der Waals surface area contributed by atoms with Crippen LogP contribution in [0, 0.1) is 5.92 Å². The highest BCUT2D eigenvalue weighted by atomic mass is 16.5. The predicted molar refractivity (Wildman–Crippen MR) is 86.8 cm³/mol. The summed E-state index contributed by atoms with van der Waals surface area (Å²) in [5.74, 6) is 0.619. The van der Waals surface area contributed by atoms with Crippen LogP contribution < -0.4 is 0 Å². The standard InChI is InChI=1S/C17H35NO3/c1-15(2)14-19-9-7-10-20-16-12-18(13-16)8-6-11-21-17(3,4)5/h15-16H,6-14H2,1-5H3. The molecule has 1 fully saturated rings. The van der Waals surface area contributed by atoms with Crippen LogP contribution in [0.15, 0.2) is 0 Å². The van der Waals surface area contributed by atoms with Crippen LogP contribution in [0.4, 0.5) is 0 Å². The van der Waals surface area contributed by atoms with E-state index in [1.165, 1.54) is 0 Å². The van der Waals surface area contributed by atoms with Crippen LogP contribution in [-0.2, 0) is 14.2 Å². The molecule has 0 aromatic heterocycles. The molecule has 1 aliphatic heterocycles. The first-order chi connectivity index (χ1) is 9.87. The Labute approximate surface area is 131 Å². The van der Waals surface area contributed by atoms with Crippen LogP contribution in [-0.4, -0.2) is 62.7 Å². The lowest BCUT2D eigenvalue weighted by molar-refractivity contribution is -0.0654. The number of hydrogen-bond donors (Lipinski definition) is 0. The van der Waals surface area contributed by atoms with E-state index in [0.717, 1.165) is 58.9 Å². The summed E-state index contributed by atoms with van der Waals surface area (Å²) in [4.78, 5) is 2.44. The monoisotopic (exact) mass is 301 g/mol. The lowest BCUT2D eigenvalue weighted by Crippen LogP contribution is -2.52. The highest BCUT2D eigenvalue weighted by molar-refractivity contribution is 4.80. The van der Waals surface area contributed by atoms with Gasteiger partial charge in [-0.2, -0.15) is 0 Å². The molecule has 0 amide bonds. The van der Waals surface area contributed by atoms with Crippen LogP contribution in [0.1, 0.15) is 47.5 Å². The smallest absolute Gasteiger partial charge is 0.0828 e. The molecule has 0 unspecified atom stereocenters. The quantitative estimate of drug-likeness (QED) is 0.549. The van der Waals surface area contributed by atoms with Crippen molar-refractivity contribution in [2.45, 2.75) is 59.2 Å². The van der Waals surface area contributed by atoms with E-state index in [2.05, 4.69) is 39.5 Å². The lowest BCUT2D eigenvalue weighted by Gasteiger charge is -2.39. The zero-order valence-electron chi connectivity index (χ0n) is 14.7. The fourth-order valence-corrected chi connectivity index (χ4v) is 2.21. The Bertz CT molecular complexity index is 257. The van der Waals surface area contributed by atoms with E-state index >= 15 is 0 Å². The van der Waals surface area contributed by atoms with Gasteiger partial charge in [0.05, 0.1) is 11.7 Å². The summed E-state index contributed by atoms with van der Waals surface area (Å²) in [6.45, 7) is 17.3. The molecule has 0 spiro atoms. The van der Waals surface area contributed by atoms with Crippen LogP contribution in [0.2, 0.25) is 0 Å². The van der Waals surface area contributed by atoms with Crippen molar-refractivity contribution in [3.8, 4) is 0 Å². The van der Waals surface area contributed by atoms with E-state index in [-0.39, 0.29) is 5.60 Å². The normalized spacial score (nSPS) is 17.4. The molecule has 1 aliphatic rings. The van der Waals surface area contributed by atoms with Crippen molar-refractivity contribution in [1.82, 2.24) is 4.90 Å². The van der Waals surface area contributed by atoms with Gasteiger partial charge in [-0.1, -0.05) is 13.8 Å². The van der Waals surface area contributed by atoms with E-state index < -0.39 is 0 Å². The third-order valence-corrected chi connectivity index (χ3v) is 3.32. The van der Waals surface area contributed by atoms with Gasteiger partial charge in [0.25, 0.3) is 0 Å². The Morgan fingerprint density at radius 2 is 1.76 bits per heavy atom. The van der Waals surface area contributed by atoms with E-state index in [1.54, 1.807) is 0 Å². The van der Waals surface area contributed by atoms with E-state index in [1.807, 2.05) is 0 Å². The van der Waals surface area contributed by atoms with Crippen molar-refractivity contribution in [2.24, 2.45) is 5.92 Å². The first kappa shape index (κ1) is 18.9. The van der Waals surface area contributed by atoms with Gasteiger partial charge in [0, 0.05) is 46.1 Å². The number of ether oxygens (including phenoxy) is 3. The molecule has 0 atom stereocenters. The number of rotatable bonds is 11. The second-order valence-electron chi connectivity index (χ2n) is 7.39. The summed E-state index contributed by atoms with van der Waals surface area (Å²) >= 11 is 0. The molecular weight excluding hydrogens is 266 g/mol. The first-order valence-electron chi connectivity index (χ1n) is 8.42. The van der Waals surface area contributed by atoms with Gasteiger partial charge in [0.2, 0.25) is 0 Å². The largest absolute Gasteiger partial charge is 0.381 e. The van der Waals surface area contributed by atoms with E-state index in [0.29, 0.717) is 12.0 Å². The van der Waals surface area contributed by atoms with Crippen molar-refractivity contribution in [1.29, 1.82) is 0 Å². The van der Waals surface area contributed by atoms with Gasteiger partial charge < -0.3 is 14.2 Å². The van der Waals surface area contributed by atoms with Gasteiger partial charge in [-0.15, -0.1) is 0 Å². The molecule has 0 saturated carbocycles. The fraction of sp³-hybridized carbons (Fsp3) is 1.00. The van der Waals surface area contributed by atoms with Gasteiger partial charge in [-0.3, -0.25) is 4.90 Å². The number of likely N-dealkylation sites (tertiary alicyclic amines) is 1. The summed E-state index contributed by atoms with van der Waals surface area (Å²) in [6, 6.07) is 0. The molecule has 126 valence electrons. The summed E-state index contributed by atoms with van der Waals surface area (Å²) in [6.07, 6.45) is 2.54. The molecule has 0 aromatic rings. The zero-order chi connectivity index (χ0) is 15.7. The topological polar surface area (TPSA) is 30.9 Å². The molecule has 0 radical (unpaired) electrons. The number of nitrogens with zero attached hydrogens (tertiary/aromatic N) is 1. The third kappa shape index (κ3) is 10.2. The average molecular weight is 301 g/mol. The molecule has 0 bridgehead atoms. The van der Waals surface area contributed by atoms with Crippen molar-refractivity contribution in [2.75, 3.05) is 46.1 Å². The predicted octanol–water partition coefficient (Wildman–Crippen LogP) is 2.96. The maximum Gasteiger partial charge on any atom is 0.0828 e. The second-order valence-corrected chi connectivity index (χ2v) is 7.39. The van der Waals surface area contributed by atoms with Crippen LogP contribution in [0.25, 0.3) is 0 Å². The summed E-state index contributed by atoms with van der Waals surface area (Å²) < 4.78 is 17.1. The molecule has 1 heterocycles. The SMILES string of the molecule is CC(C)COCCCOC1CN(CCCOC(C)(C)C)C1. The average Bonchev–Trinajstić information content (AvgIpc) is 2.31. The maximum atomic E-state index is 5.82. The molecule has 0 aromatic carbocycles. The molecule has 1 rings (SSSR count). The second kappa shape index (κ2) is 9.78. The Hall–Kier alpha value is -0.160. The Morgan fingerprint density at radius 3 is 2.38 bits per heavy atom. The van der Waals surface area contributed by atoms with Crippen molar-refractivity contribution in [3.05, 3.63) is 0 Å². The first-order valence-corrected chi connectivity index (χ1v) is 8.42. The molecule has 21 heavy (non-hydrogen) atoms. The zero-order valence-corrected chi connectivity index (χ0v) is 14.7. The van der Waals surface area contributed by atoms with Crippen LogP contribution in [0.3, 0.4) is 0 Å². The maximum absolute atomic E-state index is 5.82. The fourth-order valence-electron chi connectivity index (χ4n) is 2.21. The third-order valence-electron chi connectivity index (χ3n) is 3.32. The van der Waals surface area contributed by atoms with Gasteiger partial charge in [0.1, 0.15) is 0 Å². The minimum absolute atomic E-state index is 0.0156. The van der Waals surface area contributed by atoms with Gasteiger partial charge in [-0.25, -0.2) is 0 Å². The minimum atomic E-state index is -0.0156. The molecule has 0 aliphatic carbocycles.